The first kappa shape index (κ1) is 11.1. The zero-order valence-corrected chi connectivity index (χ0v) is 8.30. The van der Waals surface area contributed by atoms with Crippen LogP contribution in [0.15, 0.2) is 0 Å². The van der Waals surface area contributed by atoms with E-state index in [9.17, 15) is 4.79 Å². The summed E-state index contributed by atoms with van der Waals surface area (Å²) in [6.07, 6.45) is 0.429. The lowest BCUT2D eigenvalue weighted by Gasteiger charge is -2.01. The van der Waals surface area contributed by atoms with E-state index in [0.29, 0.717) is 12.3 Å². The van der Waals surface area contributed by atoms with Crippen molar-refractivity contribution in [3.63, 3.8) is 0 Å². The van der Waals surface area contributed by atoms with E-state index in [1.807, 2.05) is 11.8 Å². The summed E-state index contributed by atoms with van der Waals surface area (Å²) < 4.78 is 0. The predicted octanol–water partition coefficient (Wildman–Crippen LogP) is 1.48. The van der Waals surface area contributed by atoms with Crippen LogP contribution in [-0.4, -0.2) is 29.8 Å². The van der Waals surface area contributed by atoms with Gasteiger partial charge in [0.25, 0.3) is 0 Å². The van der Waals surface area contributed by atoms with Gasteiger partial charge < -0.3 is 5.32 Å². The highest BCUT2D eigenvalue weighted by Crippen LogP contribution is 1.95. The Labute approximate surface area is 77.1 Å². The Morgan fingerprint density at radius 1 is 1.64 bits per heavy atom. The van der Waals surface area contributed by atoms with Crippen molar-refractivity contribution in [3.8, 4) is 0 Å². The number of carbonyl (C=O) groups is 1. The Morgan fingerprint density at radius 2 is 2.36 bits per heavy atom. The summed E-state index contributed by atoms with van der Waals surface area (Å²) in [6.45, 7) is 2.86. The maximum atomic E-state index is 10.8. The van der Waals surface area contributed by atoms with Crippen molar-refractivity contribution in [1.82, 2.24) is 5.32 Å². The van der Waals surface area contributed by atoms with Crippen LogP contribution >= 0.6 is 23.4 Å². The average molecular weight is 196 g/mol. The van der Waals surface area contributed by atoms with Crippen LogP contribution in [0.2, 0.25) is 0 Å². The molecule has 0 unspecified atom stereocenters. The van der Waals surface area contributed by atoms with Crippen LogP contribution in [0.25, 0.3) is 0 Å². The maximum Gasteiger partial charge on any atom is 0.221 e. The molecule has 0 aliphatic carbocycles. The Hall–Kier alpha value is 0.110. The number of rotatable bonds is 6. The quantitative estimate of drug-likeness (QED) is 0.514. The summed E-state index contributed by atoms with van der Waals surface area (Å²) in [5, 5.41) is 2.77. The van der Waals surface area contributed by atoms with Gasteiger partial charge in [-0.1, -0.05) is 6.92 Å². The van der Waals surface area contributed by atoms with Gasteiger partial charge >= 0.3 is 0 Å². The molecule has 1 N–H and O–H groups in total. The van der Waals surface area contributed by atoms with Crippen molar-refractivity contribution in [2.24, 2.45) is 0 Å². The Bertz CT molecular complexity index is 111. The third kappa shape index (κ3) is 8.01. The molecule has 0 aliphatic rings. The topological polar surface area (TPSA) is 29.1 Å². The van der Waals surface area contributed by atoms with E-state index in [0.717, 1.165) is 18.1 Å². The third-order valence-electron chi connectivity index (χ3n) is 1.09. The van der Waals surface area contributed by atoms with Crippen molar-refractivity contribution >= 4 is 29.3 Å². The highest BCUT2D eigenvalue weighted by Gasteiger charge is 1.96. The van der Waals surface area contributed by atoms with Crippen LogP contribution in [0.5, 0.6) is 0 Å². The molecule has 0 aromatic carbocycles. The van der Waals surface area contributed by atoms with Gasteiger partial charge in [-0.05, 0) is 5.75 Å². The minimum Gasteiger partial charge on any atom is -0.355 e. The number of amides is 1. The van der Waals surface area contributed by atoms with E-state index < -0.39 is 0 Å². The van der Waals surface area contributed by atoms with Crippen LogP contribution in [0, 0.1) is 0 Å². The number of hydrogen-bond acceptors (Lipinski definition) is 2. The number of halogens is 1. The fraction of sp³-hybridized carbons (Fsp3) is 0.857. The van der Waals surface area contributed by atoms with Crippen LogP contribution in [-0.2, 0) is 4.79 Å². The molecule has 66 valence electrons. The fourth-order valence-electron chi connectivity index (χ4n) is 0.581. The van der Waals surface area contributed by atoms with Gasteiger partial charge in [0, 0.05) is 24.6 Å². The minimum absolute atomic E-state index is 0.0525. The van der Waals surface area contributed by atoms with E-state index in [1.54, 1.807) is 0 Å². The number of hydrogen-bond donors (Lipinski definition) is 1. The summed E-state index contributed by atoms with van der Waals surface area (Å²) in [7, 11) is 0. The molecule has 0 bridgehead atoms. The molecule has 0 saturated heterocycles. The van der Waals surface area contributed by atoms with E-state index in [-0.39, 0.29) is 5.91 Å². The lowest BCUT2D eigenvalue weighted by molar-refractivity contribution is -0.120. The van der Waals surface area contributed by atoms with Gasteiger partial charge in [-0.15, -0.1) is 11.6 Å². The number of thioether (sulfide) groups is 1. The zero-order valence-electron chi connectivity index (χ0n) is 6.73. The molecule has 0 aromatic heterocycles. The summed E-state index contributed by atoms with van der Waals surface area (Å²) in [4.78, 5) is 10.8. The highest BCUT2D eigenvalue weighted by molar-refractivity contribution is 7.99. The van der Waals surface area contributed by atoms with Crippen LogP contribution in [0.1, 0.15) is 13.3 Å². The number of alkyl halides is 1. The van der Waals surface area contributed by atoms with Gasteiger partial charge in [-0.25, -0.2) is 0 Å². The lowest BCUT2D eigenvalue weighted by Crippen LogP contribution is -2.25. The molecular weight excluding hydrogens is 182 g/mol. The highest BCUT2D eigenvalue weighted by atomic mass is 35.5. The van der Waals surface area contributed by atoms with Gasteiger partial charge in [0.15, 0.2) is 0 Å². The Balaban J connectivity index is 3.04. The molecule has 0 radical (unpaired) electrons. The monoisotopic (exact) mass is 195 g/mol. The van der Waals surface area contributed by atoms with Gasteiger partial charge in [-0.2, -0.15) is 11.8 Å². The first-order valence-electron chi connectivity index (χ1n) is 3.71. The third-order valence-corrected chi connectivity index (χ3v) is 2.18. The number of nitrogens with one attached hydrogen (secondary N) is 1. The second kappa shape index (κ2) is 8.21. The normalized spacial score (nSPS) is 9.64. The molecule has 0 aromatic rings. The van der Waals surface area contributed by atoms with E-state index in [4.69, 9.17) is 11.6 Å². The molecule has 1 amide bonds. The second-order valence-electron chi connectivity index (χ2n) is 1.99. The SMILES string of the molecule is CCSCCNC(=O)CCCl. The molecule has 0 rings (SSSR count). The van der Waals surface area contributed by atoms with E-state index >= 15 is 0 Å². The lowest BCUT2D eigenvalue weighted by atomic mass is 10.4. The Kier molecular flexibility index (Phi) is 8.29. The van der Waals surface area contributed by atoms with Gasteiger partial charge in [-0.3, -0.25) is 4.79 Å². The molecule has 11 heavy (non-hydrogen) atoms. The van der Waals surface area contributed by atoms with Crippen molar-refractivity contribution in [1.29, 1.82) is 0 Å². The largest absolute Gasteiger partial charge is 0.355 e. The number of carbonyl (C=O) groups excluding carboxylic acids is 1. The Morgan fingerprint density at radius 3 is 2.91 bits per heavy atom. The first-order chi connectivity index (χ1) is 5.31. The van der Waals surface area contributed by atoms with E-state index in [1.165, 1.54) is 0 Å². The standard InChI is InChI=1S/C7H14ClNOS/c1-2-11-6-5-9-7(10)3-4-8/h2-6H2,1H3,(H,9,10). The molecule has 0 atom stereocenters. The van der Waals surface area contributed by atoms with Crippen molar-refractivity contribution in [2.45, 2.75) is 13.3 Å². The average Bonchev–Trinajstić information content (AvgIpc) is 1.99. The van der Waals surface area contributed by atoms with Crippen LogP contribution < -0.4 is 5.32 Å². The fourth-order valence-corrected chi connectivity index (χ4v) is 1.29. The molecule has 0 aliphatic heterocycles. The summed E-state index contributed by atoms with van der Waals surface area (Å²) in [5.41, 5.74) is 0. The molecule has 4 heteroatoms. The zero-order chi connectivity index (χ0) is 8.53. The van der Waals surface area contributed by atoms with Gasteiger partial charge in [0.2, 0.25) is 5.91 Å². The summed E-state index contributed by atoms with van der Waals surface area (Å²) in [5.74, 6) is 2.56. The smallest absolute Gasteiger partial charge is 0.221 e. The van der Waals surface area contributed by atoms with Crippen molar-refractivity contribution in [2.75, 3.05) is 23.9 Å². The predicted molar refractivity (Wildman–Crippen MR) is 51.3 cm³/mol. The van der Waals surface area contributed by atoms with Crippen molar-refractivity contribution in [3.05, 3.63) is 0 Å². The van der Waals surface area contributed by atoms with Gasteiger partial charge in [0.05, 0.1) is 0 Å². The van der Waals surface area contributed by atoms with E-state index in [2.05, 4.69) is 12.2 Å². The van der Waals surface area contributed by atoms with Crippen molar-refractivity contribution < 1.29 is 4.79 Å². The second-order valence-corrected chi connectivity index (χ2v) is 3.76. The summed E-state index contributed by atoms with van der Waals surface area (Å²) >= 11 is 7.19. The maximum absolute atomic E-state index is 10.8. The van der Waals surface area contributed by atoms with Gasteiger partial charge in [0.1, 0.15) is 0 Å². The van der Waals surface area contributed by atoms with Crippen LogP contribution in [0.4, 0.5) is 0 Å². The molecule has 0 spiro atoms. The minimum atomic E-state index is 0.0525. The molecule has 0 fully saturated rings. The molecule has 2 nitrogen and oxygen atoms in total. The molecule has 0 heterocycles. The first-order valence-corrected chi connectivity index (χ1v) is 5.40. The molecule has 0 saturated carbocycles. The summed E-state index contributed by atoms with van der Waals surface area (Å²) in [6, 6.07) is 0. The molecular formula is C7H14ClNOS. The van der Waals surface area contributed by atoms with Crippen LogP contribution in [0.3, 0.4) is 0 Å².